The summed E-state index contributed by atoms with van der Waals surface area (Å²) in [6.45, 7) is 2.69. The van der Waals surface area contributed by atoms with Crippen molar-refractivity contribution in [2.24, 2.45) is 0 Å². The van der Waals surface area contributed by atoms with Crippen LogP contribution in [0.2, 0.25) is 0 Å². The van der Waals surface area contributed by atoms with Gasteiger partial charge in [-0.3, -0.25) is 0 Å². The number of hydrogen-bond acceptors (Lipinski definition) is 3. The van der Waals surface area contributed by atoms with Gasteiger partial charge in [0, 0.05) is 5.70 Å². The Balaban J connectivity index is 2.67. The lowest BCUT2D eigenvalue weighted by Gasteiger charge is -2.29. The van der Waals surface area contributed by atoms with E-state index >= 15 is 0 Å². The van der Waals surface area contributed by atoms with E-state index in [1.807, 2.05) is 0 Å². The fraction of sp³-hybridized carbons (Fsp3) is 0.375. The van der Waals surface area contributed by atoms with Gasteiger partial charge in [-0.15, -0.1) is 0 Å². The van der Waals surface area contributed by atoms with E-state index in [2.05, 4.69) is 10.6 Å². The van der Waals surface area contributed by atoms with Gasteiger partial charge in [-0.1, -0.05) is 0 Å². The van der Waals surface area contributed by atoms with Gasteiger partial charge in [0.25, 0.3) is 0 Å². The van der Waals surface area contributed by atoms with Crippen LogP contribution >= 0.6 is 0 Å². The van der Waals surface area contributed by atoms with Crippen LogP contribution in [0.4, 0.5) is 31.1 Å². The molecule has 0 spiro atoms. The summed E-state index contributed by atoms with van der Waals surface area (Å²) in [5.74, 6) is -0.974. The maximum absolute atomic E-state index is 13.1. The number of alkyl halides is 6. The molecule has 1 aromatic carbocycles. The molecule has 0 aliphatic carbocycles. The van der Waals surface area contributed by atoms with Crippen molar-refractivity contribution in [2.45, 2.75) is 32.2 Å². The number of allylic oxidation sites excluding steroid dienone is 1. The Morgan fingerprint density at radius 3 is 2.04 bits per heavy atom. The molecule has 2 amide bonds. The minimum Gasteiger partial charge on any atom is -0.463 e. The molecule has 0 radical (unpaired) electrons. The Bertz CT molecular complexity index is 766. The quantitative estimate of drug-likeness (QED) is 0.601. The number of benzene rings is 1. The molecule has 2 N–H and O–H groups in total. The smallest absolute Gasteiger partial charge is 0.416 e. The van der Waals surface area contributed by atoms with Crippen LogP contribution in [0.1, 0.15) is 36.6 Å². The normalized spacial score (nSPS) is 18.1. The molecule has 0 unspecified atom stereocenters. The molecule has 1 aliphatic rings. The summed E-state index contributed by atoms with van der Waals surface area (Å²) in [5, 5.41) is 4.41. The van der Waals surface area contributed by atoms with Gasteiger partial charge >= 0.3 is 24.4 Å². The van der Waals surface area contributed by atoms with Crippen molar-refractivity contribution < 1.29 is 40.7 Å². The second-order valence-electron chi connectivity index (χ2n) is 5.63. The first-order chi connectivity index (χ1) is 12.3. The number of amides is 2. The number of nitrogens with one attached hydrogen (secondary N) is 2. The third-order valence-electron chi connectivity index (χ3n) is 3.71. The second kappa shape index (κ2) is 7.12. The van der Waals surface area contributed by atoms with Gasteiger partial charge in [0.15, 0.2) is 0 Å². The zero-order chi connectivity index (χ0) is 20.6. The predicted octanol–water partition coefficient (Wildman–Crippen LogP) is 3.92. The van der Waals surface area contributed by atoms with Crippen molar-refractivity contribution >= 4 is 12.0 Å². The minimum atomic E-state index is -5.06. The minimum absolute atomic E-state index is 0.0341. The Labute approximate surface area is 149 Å². The van der Waals surface area contributed by atoms with E-state index in [9.17, 15) is 35.9 Å². The van der Waals surface area contributed by atoms with Crippen molar-refractivity contribution in [2.75, 3.05) is 6.61 Å². The molecule has 0 bridgehead atoms. The maximum atomic E-state index is 13.1. The number of urea groups is 1. The van der Waals surface area contributed by atoms with Crippen LogP contribution in [0.5, 0.6) is 0 Å². The topological polar surface area (TPSA) is 67.4 Å². The Hall–Kier alpha value is -2.72. The summed E-state index contributed by atoms with van der Waals surface area (Å²) in [4.78, 5) is 23.8. The molecule has 1 heterocycles. The summed E-state index contributed by atoms with van der Waals surface area (Å²) in [7, 11) is 0. The molecular formula is C16H14F6N2O3. The molecule has 5 nitrogen and oxygen atoms in total. The van der Waals surface area contributed by atoms with Gasteiger partial charge < -0.3 is 15.4 Å². The molecular weight excluding hydrogens is 382 g/mol. The summed E-state index contributed by atoms with van der Waals surface area (Å²) in [6.07, 6.45) is -10.1. The maximum Gasteiger partial charge on any atom is 0.416 e. The molecule has 0 aromatic heterocycles. The van der Waals surface area contributed by atoms with Crippen LogP contribution in [0.25, 0.3) is 0 Å². The highest BCUT2D eigenvalue weighted by Gasteiger charge is 2.39. The van der Waals surface area contributed by atoms with Crippen molar-refractivity contribution in [1.29, 1.82) is 0 Å². The fourth-order valence-corrected chi connectivity index (χ4v) is 2.57. The fourth-order valence-electron chi connectivity index (χ4n) is 2.57. The van der Waals surface area contributed by atoms with Gasteiger partial charge in [0.1, 0.15) is 0 Å². The van der Waals surface area contributed by atoms with E-state index in [-0.39, 0.29) is 23.9 Å². The monoisotopic (exact) mass is 396 g/mol. The molecule has 11 heteroatoms. The van der Waals surface area contributed by atoms with E-state index in [0.29, 0.717) is 12.1 Å². The standard InChI is InChI=1S/C16H14F6N2O3/c1-3-27-13(25)11-7(2)23-14(26)24-12(11)8-4-9(15(17,18)19)6-10(5-8)16(20,21)22/h4-6,12H,3H2,1-2H3,(H2,23,24,26)/t12-/m1/s1. The number of carbonyl (C=O) groups excluding carboxylic acids is 2. The predicted molar refractivity (Wildman–Crippen MR) is 80.2 cm³/mol. The lowest BCUT2D eigenvalue weighted by atomic mass is 9.92. The van der Waals surface area contributed by atoms with E-state index in [1.54, 1.807) is 0 Å². The third-order valence-corrected chi connectivity index (χ3v) is 3.71. The highest BCUT2D eigenvalue weighted by molar-refractivity contribution is 5.95. The van der Waals surface area contributed by atoms with Gasteiger partial charge in [-0.25, -0.2) is 9.59 Å². The van der Waals surface area contributed by atoms with Crippen LogP contribution in [0.3, 0.4) is 0 Å². The van der Waals surface area contributed by atoms with Crippen LogP contribution < -0.4 is 10.6 Å². The number of hydrogen-bond donors (Lipinski definition) is 2. The number of halogens is 6. The number of rotatable bonds is 3. The van der Waals surface area contributed by atoms with Gasteiger partial charge in [0.2, 0.25) is 0 Å². The zero-order valence-electron chi connectivity index (χ0n) is 14.0. The van der Waals surface area contributed by atoms with E-state index < -0.39 is 47.1 Å². The average Bonchev–Trinajstić information content (AvgIpc) is 2.52. The Morgan fingerprint density at radius 1 is 1.07 bits per heavy atom. The van der Waals surface area contributed by atoms with Gasteiger partial charge in [-0.2, -0.15) is 26.3 Å². The van der Waals surface area contributed by atoms with Crippen LogP contribution in [0.15, 0.2) is 29.5 Å². The summed E-state index contributed by atoms with van der Waals surface area (Å²) in [5.41, 5.74) is -3.98. The number of ether oxygens (including phenoxy) is 1. The van der Waals surface area contributed by atoms with Crippen molar-refractivity contribution in [3.63, 3.8) is 0 Å². The van der Waals surface area contributed by atoms with E-state index in [4.69, 9.17) is 4.74 Å². The molecule has 1 atom stereocenters. The van der Waals surface area contributed by atoms with Crippen LogP contribution in [-0.2, 0) is 21.9 Å². The van der Waals surface area contributed by atoms with Gasteiger partial charge in [-0.05, 0) is 37.6 Å². The summed E-state index contributed by atoms with van der Waals surface area (Å²) < 4.78 is 83.2. The largest absolute Gasteiger partial charge is 0.463 e. The third kappa shape index (κ3) is 4.52. The summed E-state index contributed by atoms with van der Waals surface area (Å²) >= 11 is 0. The first-order valence-corrected chi connectivity index (χ1v) is 7.59. The SMILES string of the molecule is CCOC(=O)C1=C(C)NC(=O)N[C@@H]1c1cc(C(F)(F)F)cc(C(F)(F)F)c1. The molecule has 2 rings (SSSR count). The van der Waals surface area contributed by atoms with E-state index in [0.717, 1.165) is 0 Å². The second-order valence-corrected chi connectivity index (χ2v) is 5.63. The molecule has 1 aliphatic heterocycles. The summed E-state index contributed by atoms with van der Waals surface area (Å²) in [6, 6.07) is -1.54. The van der Waals surface area contributed by atoms with Gasteiger partial charge in [0.05, 0.1) is 29.3 Å². The first-order valence-electron chi connectivity index (χ1n) is 7.59. The lowest BCUT2D eigenvalue weighted by molar-refractivity contribution is -0.143. The molecule has 148 valence electrons. The molecule has 0 fully saturated rings. The Kier molecular flexibility index (Phi) is 5.43. The van der Waals surface area contributed by atoms with Crippen molar-refractivity contribution in [1.82, 2.24) is 10.6 Å². The number of esters is 1. The molecule has 1 aromatic rings. The van der Waals surface area contributed by atoms with Crippen LogP contribution in [0, 0.1) is 0 Å². The average molecular weight is 396 g/mol. The molecule has 27 heavy (non-hydrogen) atoms. The lowest BCUT2D eigenvalue weighted by Crippen LogP contribution is -2.45. The van der Waals surface area contributed by atoms with Crippen molar-refractivity contribution in [3.05, 3.63) is 46.2 Å². The molecule has 0 saturated heterocycles. The van der Waals surface area contributed by atoms with E-state index in [1.165, 1.54) is 13.8 Å². The van der Waals surface area contributed by atoms with Crippen LogP contribution in [-0.4, -0.2) is 18.6 Å². The Morgan fingerprint density at radius 2 is 1.59 bits per heavy atom. The first kappa shape index (κ1) is 20.6. The number of carbonyl (C=O) groups is 2. The molecule has 0 saturated carbocycles. The highest BCUT2D eigenvalue weighted by Crippen LogP contribution is 2.39. The zero-order valence-corrected chi connectivity index (χ0v) is 14.0. The highest BCUT2D eigenvalue weighted by atomic mass is 19.4. The van der Waals surface area contributed by atoms with Crippen molar-refractivity contribution in [3.8, 4) is 0 Å².